The molecule has 0 aromatic heterocycles. The van der Waals surface area contributed by atoms with E-state index in [9.17, 15) is 4.79 Å². The minimum Gasteiger partial charge on any atom is -0.399 e. The third kappa shape index (κ3) is 5.21. The highest BCUT2D eigenvalue weighted by Crippen LogP contribution is 2.22. The van der Waals surface area contributed by atoms with Crippen LogP contribution in [0.4, 0.5) is 11.4 Å². The molecule has 5 heteroatoms. The standard InChI is InChI=1S/C20H24N2O2.ClH/c1-14-6-9-16(21)12-19(14)20(23)22-17-10-7-15(8-11-17)13-24-18-4-2-3-5-18;/h6-12,18H,2-5,13,21H2,1H3,(H,22,23);1H. The smallest absolute Gasteiger partial charge is 0.256 e. The van der Waals surface area contributed by atoms with Crippen molar-refractivity contribution in [2.45, 2.75) is 45.3 Å². The van der Waals surface area contributed by atoms with E-state index in [1.807, 2.05) is 37.3 Å². The van der Waals surface area contributed by atoms with Gasteiger partial charge in [-0.2, -0.15) is 0 Å². The highest BCUT2D eigenvalue weighted by atomic mass is 35.5. The molecular formula is C20H25ClN2O2. The Morgan fingerprint density at radius 3 is 2.52 bits per heavy atom. The van der Waals surface area contributed by atoms with E-state index in [0.29, 0.717) is 24.0 Å². The number of nitrogens with two attached hydrogens (primary N) is 1. The van der Waals surface area contributed by atoms with E-state index in [0.717, 1.165) is 16.8 Å². The highest BCUT2D eigenvalue weighted by molar-refractivity contribution is 6.05. The lowest BCUT2D eigenvalue weighted by atomic mass is 10.1. The van der Waals surface area contributed by atoms with Gasteiger partial charge >= 0.3 is 0 Å². The second-order valence-corrected chi connectivity index (χ2v) is 6.44. The Labute approximate surface area is 155 Å². The van der Waals surface area contributed by atoms with Crippen molar-refractivity contribution in [1.82, 2.24) is 0 Å². The molecule has 2 aromatic rings. The molecule has 1 fully saturated rings. The number of nitrogen functional groups attached to an aromatic ring is 1. The lowest BCUT2D eigenvalue weighted by Gasteiger charge is -2.12. The number of carbonyl (C=O) groups excluding carboxylic acids is 1. The van der Waals surface area contributed by atoms with E-state index in [1.165, 1.54) is 25.7 Å². The monoisotopic (exact) mass is 360 g/mol. The van der Waals surface area contributed by atoms with Crippen LogP contribution in [-0.2, 0) is 11.3 Å². The fourth-order valence-corrected chi connectivity index (χ4v) is 3.04. The predicted molar refractivity (Wildman–Crippen MR) is 104 cm³/mol. The topological polar surface area (TPSA) is 64.4 Å². The van der Waals surface area contributed by atoms with Gasteiger partial charge in [-0.1, -0.05) is 31.0 Å². The van der Waals surface area contributed by atoms with Crippen LogP contribution >= 0.6 is 12.4 Å². The lowest BCUT2D eigenvalue weighted by Crippen LogP contribution is -2.14. The number of amides is 1. The normalized spacial score (nSPS) is 14.1. The first-order valence-corrected chi connectivity index (χ1v) is 8.50. The molecule has 0 unspecified atom stereocenters. The maximum Gasteiger partial charge on any atom is 0.256 e. The molecule has 0 radical (unpaired) electrons. The summed E-state index contributed by atoms with van der Waals surface area (Å²) in [5, 5.41) is 2.92. The molecule has 1 aliphatic carbocycles. The SMILES string of the molecule is Cc1ccc(N)cc1C(=O)Nc1ccc(COC2CCCC2)cc1.Cl. The van der Waals surface area contributed by atoms with Crippen molar-refractivity contribution >= 4 is 29.7 Å². The maximum atomic E-state index is 12.4. The van der Waals surface area contributed by atoms with Gasteiger partial charge in [0.05, 0.1) is 12.7 Å². The number of rotatable bonds is 5. The summed E-state index contributed by atoms with van der Waals surface area (Å²) in [6.45, 7) is 2.53. The molecule has 2 aromatic carbocycles. The largest absolute Gasteiger partial charge is 0.399 e. The molecule has 1 amide bonds. The zero-order valence-electron chi connectivity index (χ0n) is 14.5. The molecule has 25 heavy (non-hydrogen) atoms. The summed E-state index contributed by atoms with van der Waals surface area (Å²) in [4.78, 5) is 12.4. The Morgan fingerprint density at radius 2 is 1.84 bits per heavy atom. The molecule has 3 rings (SSSR count). The molecule has 134 valence electrons. The van der Waals surface area contributed by atoms with Gasteiger partial charge in [-0.3, -0.25) is 4.79 Å². The van der Waals surface area contributed by atoms with Gasteiger partial charge in [-0.25, -0.2) is 0 Å². The molecule has 0 saturated heterocycles. The molecule has 0 heterocycles. The van der Waals surface area contributed by atoms with Crippen LogP contribution in [-0.4, -0.2) is 12.0 Å². The van der Waals surface area contributed by atoms with E-state index in [4.69, 9.17) is 10.5 Å². The molecule has 3 N–H and O–H groups in total. The van der Waals surface area contributed by atoms with Gasteiger partial charge in [0.2, 0.25) is 0 Å². The first-order valence-electron chi connectivity index (χ1n) is 8.50. The molecule has 0 spiro atoms. The molecule has 1 aliphatic rings. The summed E-state index contributed by atoms with van der Waals surface area (Å²) < 4.78 is 5.91. The summed E-state index contributed by atoms with van der Waals surface area (Å²) in [7, 11) is 0. The molecule has 1 saturated carbocycles. The highest BCUT2D eigenvalue weighted by Gasteiger charge is 2.15. The van der Waals surface area contributed by atoms with Crippen LogP contribution in [0.3, 0.4) is 0 Å². The third-order valence-corrected chi connectivity index (χ3v) is 4.51. The first kappa shape index (κ1) is 19.3. The summed E-state index contributed by atoms with van der Waals surface area (Å²) in [5.74, 6) is -0.144. The van der Waals surface area contributed by atoms with Crippen LogP contribution in [0.5, 0.6) is 0 Å². The summed E-state index contributed by atoms with van der Waals surface area (Å²) in [6, 6.07) is 13.2. The van der Waals surface area contributed by atoms with Gasteiger partial charge < -0.3 is 15.8 Å². The average Bonchev–Trinajstić information content (AvgIpc) is 3.10. The minimum atomic E-state index is -0.144. The van der Waals surface area contributed by atoms with E-state index in [1.54, 1.807) is 12.1 Å². The van der Waals surface area contributed by atoms with E-state index < -0.39 is 0 Å². The molecular weight excluding hydrogens is 336 g/mol. The van der Waals surface area contributed by atoms with Crippen molar-refractivity contribution < 1.29 is 9.53 Å². The summed E-state index contributed by atoms with van der Waals surface area (Å²) in [5.41, 5.74) is 9.76. The van der Waals surface area contributed by atoms with Crippen LogP contribution in [0.2, 0.25) is 0 Å². The number of halogens is 1. The first-order chi connectivity index (χ1) is 11.6. The van der Waals surface area contributed by atoms with E-state index in [-0.39, 0.29) is 18.3 Å². The molecule has 0 aliphatic heterocycles. The van der Waals surface area contributed by atoms with Gasteiger partial charge in [0, 0.05) is 16.9 Å². The van der Waals surface area contributed by atoms with E-state index in [2.05, 4.69) is 5.32 Å². The fourth-order valence-electron chi connectivity index (χ4n) is 3.04. The van der Waals surface area contributed by atoms with Crippen molar-refractivity contribution in [2.24, 2.45) is 0 Å². The average molecular weight is 361 g/mol. The molecule has 4 nitrogen and oxygen atoms in total. The second-order valence-electron chi connectivity index (χ2n) is 6.44. The Bertz CT molecular complexity index is 710. The Balaban J connectivity index is 0.00000225. The third-order valence-electron chi connectivity index (χ3n) is 4.51. The van der Waals surface area contributed by atoms with Crippen LogP contribution in [0, 0.1) is 6.92 Å². The van der Waals surface area contributed by atoms with Crippen molar-refractivity contribution in [3.63, 3.8) is 0 Å². The van der Waals surface area contributed by atoms with Crippen molar-refractivity contribution in [3.05, 3.63) is 59.2 Å². The number of ether oxygens (including phenoxy) is 1. The number of benzene rings is 2. The Morgan fingerprint density at radius 1 is 1.16 bits per heavy atom. The summed E-state index contributed by atoms with van der Waals surface area (Å²) in [6.07, 6.45) is 5.32. The quantitative estimate of drug-likeness (QED) is 0.759. The maximum absolute atomic E-state index is 12.4. The summed E-state index contributed by atoms with van der Waals surface area (Å²) >= 11 is 0. The zero-order valence-corrected chi connectivity index (χ0v) is 15.3. The number of anilines is 2. The number of carbonyl (C=O) groups is 1. The van der Waals surface area contributed by atoms with Crippen molar-refractivity contribution in [3.8, 4) is 0 Å². The lowest BCUT2D eigenvalue weighted by molar-refractivity contribution is 0.0457. The zero-order chi connectivity index (χ0) is 16.9. The number of hydrogen-bond acceptors (Lipinski definition) is 3. The molecule has 0 bridgehead atoms. The number of nitrogens with one attached hydrogen (secondary N) is 1. The Hall–Kier alpha value is -2.04. The van der Waals surface area contributed by atoms with Gasteiger partial charge in [0.25, 0.3) is 5.91 Å². The predicted octanol–water partition coefficient (Wildman–Crippen LogP) is 4.71. The van der Waals surface area contributed by atoms with Crippen molar-refractivity contribution in [2.75, 3.05) is 11.1 Å². The van der Waals surface area contributed by atoms with Gasteiger partial charge in [-0.15, -0.1) is 12.4 Å². The molecule has 0 atom stereocenters. The van der Waals surface area contributed by atoms with Crippen LogP contribution in [0.15, 0.2) is 42.5 Å². The fraction of sp³-hybridized carbons (Fsp3) is 0.350. The minimum absolute atomic E-state index is 0. The second kappa shape index (κ2) is 8.88. The van der Waals surface area contributed by atoms with Gasteiger partial charge in [0.15, 0.2) is 0 Å². The Kier molecular flexibility index (Phi) is 6.85. The van der Waals surface area contributed by atoms with E-state index >= 15 is 0 Å². The van der Waals surface area contributed by atoms with Crippen molar-refractivity contribution in [1.29, 1.82) is 0 Å². The number of aryl methyl sites for hydroxylation is 1. The van der Waals surface area contributed by atoms with Gasteiger partial charge in [-0.05, 0) is 55.2 Å². The van der Waals surface area contributed by atoms with Crippen LogP contribution in [0.1, 0.15) is 47.2 Å². The van der Waals surface area contributed by atoms with Crippen LogP contribution < -0.4 is 11.1 Å². The van der Waals surface area contributed by atoms with Gasteiger partial charge in [0.1, 0.15) is 0 Å². The van der Waals surface area contributed by atoms with Crippen LogP contribution in [0.25, 0.3) is 0 Å². The number of hydrogen-bond donors (Lipinski definition) is 2.